The normalized spacial score (nSPS) is 12.0. The van der Waals surface area contributed by atoms with Crippen molar-refractivity contribution in [1.82, 2.24) is 19.6 Å². The third-order valence-electron chi connectivity index (χ3n) is 3.33. The maximum atomic E-state index is 12.2. The monoisotopic (exact) mass is 358 g/mol. The van der Waals surface area contributed by atoms with Gasteiger partial charge in [0.25, 0.3) is 11.5 Å². The first kappa shape index (κ1) is 17.6. The number of fused-ring (bicyclic) bond motifs is 1. The Balaban J connectivity index is 2.21. The van der Waals surface area contributed by atoms with Gasteiger partial charge in [0.15, 0.2) is 0 Å². The van der Waals surface area contributed by atoms with Crippen LogP contribution in [0.15, 0.2) is 4.79 Å². The molecular weight excluding hydrogens is 340 g/mol. The van der Waals surface area contributed by atoms with Crippen LogP contribution in [0.1, 0.15) is 21.1 Å². The number of aromatic nitrogens is 2. The Morgan fingerprint density at radius 3 is 2.61 bits per heavy atom. The molecule has 2 aromatic heterocycles. The van der Waals surface area contributed by atoms with Gasteiger partial charge in [-0.3, -0.25) is 9.59 Å². The number of nitrogens with one attached hydrogen (secondary N) is 2. The zero-order valence-electron chi connectivity index (χ0n) is 13.3. The summed E-state index contributed by atoms with van der Waals surface area (Å²) in [4.78, 5) is 31.9. The molecule has 0 saturated heterocycles. The van der Waals surface area contributed by atoms with Crippen LogP contribution in [-0.4, -0.2) is 55.0 Å². The van der Waals surface area contributed by atoms with Gasteiger partial charge < -0.3 is 10.3 Å². The minimum Gasteiger partial charge on any atom is -0.350 e. The van der Waals surface area contributed by atoms with Crippen molar-refractivity contribution in [3.05, 3.63) is 26.6 Å². The molecular formula is C13H18N4O4S2. The summed E-state index contributed by atoms with van der Waals surface area (Å²) >= 11 is 1.12. The molecule has 0 aliphatic heterocycles. The van der Waals surface area contributed by atoms with Crippen LogP contribution >= 0.6 is 11.3 Å². The molecule has 10 heteroatoms. The molecule has 0 unspecified atom stereocenters. The highest BCUT2D eigenvalue weighted by Gasteiger charge is 2.20. The Hall–Kier alpha value is -1.78. The first-order valence-electron chi connectivity index (χ1n) is 6.82. The third kappa shape index (κ3) is 3.59. The highest BCUT2D eigenvalue weighted by Crippen LogP contribution is 2.26. The van der Waals surface area contributed by atoms with Crippen LogP contribution in [0.2, 0.25) is 0 Å². The van der Waals surface area contributed by atoms with E-state index in [1.807, 2.05) is 0 Å². The molecule has 0 aliphatic carbocycles. The van der Waals surface area contributed by atoms with E-state index in [2.05, 4.69) is 15.3 Å². The second-order valence-corrected chi connectivity index (χ2v) is 8.54. The lowest BCUT2D eigenvalue weighted by atomic mass is 10.2. The molecule has 0 spiro atoms. The molecule has 0 radical (unpaired) electrons. The molecule has 1 amide bonds. The third-order valence-corrected chi connectivity index (χ3v) is 6.34. The van der Waals surface area contributed by atoms with Gasteiger partial charge in [-0.2, -0.15) is 0 Å². The quantitative estimate of drug-likeness (QED) is 0.794. The molecule has 0 saturated carbocycles. The van der Waals surface area contributed by atoms with Crippen LogP contribution in [0.5, 0.6) is 0 Å². The van der Waals surface area contributed by atoms with Gasteiger partial charge in [-0.15, -0.1) is 11.3 Å². The van der Waals surface area contributed by atoms with Crippen molar-refractivity contribution in [3.63, 3.8) is 0 Å². The van der Waals surface area contributed by atoms with Gasteiger partial charge in [0.1, 0.15) is 10.7 Å². The number of aromatic amines is 1. The van der Waals surface area contributed by atoms with Gasteiger partial charge in [0, 0.05) is 20.6 Å². The first-order chi connectivity index (χ1) is 10.6. The summed E-state index contributed by atoms with van der Waals surface area (Å²) in [7, 11) is -0.492. The standard InChI is InChI=1S/C13H18N4O4S2/c1-7-9-11(18)15-8(2)16-13(9)22-10(7)12(19)14-5-6-23(20,21)17(3)4/h5-6H2,1-4H3,(H,14,19)(H,15,16,18). The van der Waals surface area contributed by atoms with E-state index in [0.717, 1.165) is 15.6 Å². The maximum Gasteiger partial charge on any atom is 0.261 e. The molecule has 0 atom stereocenters. The van der Waals surface area contributed by atoms with Crippen LogP contribution in [0.3, 0.4) is 0 Å². The van der Waals surface area contributed by atoms with Gasteiger partial charge in [-0.05, 0) is 19.4 Å². The molecule has 2 N–H and O–H groups in total. The molecule has 126 valence electrons. The van der Waals surface area contributed by atoms with E-state index in [4.69, 9.17) is 0 Å². The average molecular weight is 358 g/mol. The molecule has 0 bridgehead atoms. The second kappa shape index (κ2) is 6.38. The fraction of sp³-hybridized carbons (Fsp3) is 0.462. The summed E-state index contributed by atoms with van der Waals surface area (Å²) in [5.41, 5.74) is 0.266. The van der Waals surface area contributed by atoms with E-state index in [1.165, 1.54) is 14.1 Å². The number of thiophene rings is 1. The van der Waals surface area contributed by atoms with Crippen LogP contribution in [0.4, 0.5) is 0 Å². The number of amides is 1. The Labute approximate surface area is 137 Å². The van der Waals surface area contributed by atoms with E-state index in [0.29, 0.717) is 26.5 Å². The topological polar surface area (TPSA) is 112 Å². The SMILES string of the molecule is Cc1nc2sc(C(=O)NCCS(=O)(=O)N(C)C)c(C)c2c(=O)[nH]1. The maximum absolute atomic E-state index is 12.2. The van der Waals surface area contributed by atoms with Crippen molar-refractivity contribution in [1.29, 1.82) is 0 Å². The predicted molar refractivity (Wildman–Crippen MR) is 89.5 cm³/mol. The lowest BCUT2D eigenvalue weighted by Crippen LogP contribution is -2.33. The highest BCUT2D eigenvalue weighted by molar-refractivity contribution is 7.89. The van der Waals surface area contributed by atoms with Crippen LogP contribution in [0.25, 0.3) is 10.2 Å². The fourth-order valence-electron chi connectivity index (χ4n) is 2.02. The number of sulfonamides is 1. The second-order valence-electron chi connectivity index (χ2n) is 5.24. The zero-order chi connectivity index (χ0) is 17.4. The van der Waals surface area contributed by atoms with Crippen LogP contribution < -0.4 is 10.9 Å². The van der Waals surface area contributed by atoms with Crippen LogP contribution in [0, 0.1) is 13.8 Å². The van der Waals surface area contributed by atoms with Crippen molar-refractivity contribution in [2.75, 3.05) is 26.4 Å². The molecule has 0 aliphatic rings. The lowest BCUT2D eigenvalue weighted by Gasteiger charge is -2.11. The number of hydrogen-bond acceptors (Lipinski definition) is 6. The summed E-state index contributed by atoms with van der Waals surface area (Å²) in [5.74, 6) is -0.113. The number of carbonyl (C=O) groups excluding carboxylic acids is 1. The van der Waals surface area contributed by atoms with Gasteiger partial charge >= 0.3 is 0 Å². The summed E-state index contributed by atoms with van der Waals surface area (Å²) in [6.07, 6.45) is 0. The van der Waals surface area contributed by atoms with Crippen LogP contribution in [-0.2, 0) is 10.0 Å². The molecule has 0 aromatic carbocycles. The number of carbonyl (C=O) groups is 1. The highest BCUT2D eigenvalue weighted by atomic mass is 32.2. The minimum absolute atomic E-state index is 0.00412. The summed E-state index contributed by atoms with van der Waals surface area (Å²) in [6.45, 7) is 3.34. The first-order valence-corrected chi connectivity index (χ1v) is 9.24. The van der Waals surface area contributed by atoms with Gasteiger partial charge in [-0.1, -0.05) is 0 Å². The molecule has 2 aromatic rings. The van der Waals surface area contributed by atoms with E-state index >= 15 is 0 Å². The van der Waals surface area contributed by atoms with Gasteiger partial charge in [0.2, 0.25) is 10.0 Å². The summed E-state index contributed by atoms with van der Waals surface area (Å²) < 4.78 is 24.4. The van der Waals surface area contributed by atoms with E-state index in [-0.39, 0.29) is 17.9 Å². The van der Waals surface area contributed by atoms with Gasteiger partial charge in [0.05, 0.1) is 16.0 Å². The molecule has 2 rings (SSSR count). The summed E-state index contributed by atoms with van der Waals surface area (Å²) in [5, 5.41) is 2.97. The lowest BCUT2D eigenvalue weighted by molar-refractivity contribution is 0.0959. The zero-order valence-corrected chi connectivity index (χ0v) is 14.9. The smallest absolute Gasteiger partial charge is 0.261 e. The van der Waals surface area contributed by atoms with Crippen molar-refractivity contribution in [3.8, 4) is 0 Å². The van der Waals surface area contributed by atoms with Crippen molar-refractivity contribution in [2.24, 2.45) is 0 Å². The largest absolute Gasteiger partial charge is 0.350 e. The molecule has 0 fully saturated rings. The number of nitrogens with zero attached hydrogens (tertiary/aromatic N) is 2. The Kier molecular flexibility index (Phi) is 4.87. The summed E-state index contributed by atoms with van der Waals surface area (Å²) in [6, 6.07) is 0. The van der Waals surface area contributed by atoms with E-state index in [1.54, 1.807) is 13.8 Å². The van der Waals surface area contributed by atoms with Gasteiger partial charge in [-0.25, -0.2) is 17.7 Å². The fourth-order valence-corrected chi connectivity index (χ4v) is 3.89. The minimum atomic E-state index is -3.37. The van der Waals surface area contributed by atoms with E-state index < -0.39 is 15.9 Å². The Bertz CT molecular complexity index is 912. The number of hydrogen-bond donors (Lipinski definition) is 2. The van der Waals surface area contributed by atoms with Crippen molar-refractivity contribution in [2.45, 2.75) is 13.8 Å². The number of H-pyrrole nitrogens is 1. The molecule has 2 heterocycles. The molecule has 23 heavy (non-hydrogen) atoms. The molecule has 8 nitrogen and oxygen atoms in total. The van der Waals surface area contributed by atoms with E-state index in [9.17, 15) is 18.0 Å². The Morgan fingerprint density at radius 1 is 1.35 bits per heavy atom. The average Bonchev–Trinajstić information content (AvgIpc) is 2.75. The van der Waals surface area contributed by atoms with Crippen molar-refractivity contribution >= 4 is 37.5 Å². The van der Waals surface area contributed by atoms with Crippen molar-refractivity contribution < 1.29 is 13.2 Å². The number of aryl methyl sites for hydroxylation is 2. The Morgan fingerprint density at radius 2 is 2.00 bits per heavy atom. The number of rotatable bonds is 5. The predicted octanol–water partition coefficient (Wildman–Crippen LogP) is 0.223.